The summed E-state index contributed by atoms with van der Waals surface area (Å²) >= 11 is 1.32. The first-order chi connectivity index (χ1) is 16.9. The van der Waals surface area contributed by atoms with Crippen LogP contribution in [0.1, 0.15) is 45.6 Å². The molecule has 4 rings (SSSR count). The molecule has 3 aromatic rings. The van der Waals surface area contributed by atoms with Gasteiger partial charge in [0.05, 0.1) is 18.8 Å². The van der Waals surface area contributed by atoms with Crippen molar-refractivity contribution >= 4 is 23.5 Å². The fourth-order valence-electron chi connectivity index (χ4n) is 3.85. The topological polar surface area (TPSA) is 148 Å². The van der Waals surface area contributed by atoms with E-state index in [9.17, 15) is 15.3 Å². The van der Waals surface area contributed by atoms with Gasteiger partial charge in [-0.3, -0.25) is 4.79 Å². The molecule has 1 aliphatic rings. The number of nitrogens with two attached hydrogens (primary N) is 2. The number of nitrogen functional groups attached to an aromatic ring is 1. The molecule has 4 N–H and O–H groups in total. The third-order valence-corrected chi connectivity index (χ3v) is 6.82. The van der Waals surface area contributed by atoms with Crippen molar-refractivity contribution < 1.29 is 14.3 Å². The van der Waals surface area contributed by atoms with Gasteiger partial charge in [-0.05, 0) is 42.3 Å². The Morgan fingerprint density at radius 1 is 1.20 bits per heavy atom. The Labute approximate surface area is 207 Å². The van der Waals surface area contributed by atoms with Crippen molar-refractivity contribution in [2.75, 3.05) is 18.9 Å². The smallest absolute Gasteiger partial charge is 0.248 e. The lowest BCUT2D eigenvalue weighted by Gasteiger charge is -2.17. The van der Waals surface area contributed by atoms with E-state index >= 15 is 0 Å². The lowest BCUT2D eigenvalue weighted by atomic mass is 9.97. The number of hydrogen-bond acceptors (Lipinski definition) is 8. The number of benzene rings is 2. The molecule has 8 nitrogen and oxygen atoms in total. The predicted molar refractivity (Wildman–Crippen MR) is 133 cm³/mol. The standard InChI is InChI=1S/C26H23N5O3S/c1-15(17-3-2-4-18(11-17)25(30)32)35-26-22(13-28)23(21(12-27)24(29)31-26)16-5-7-19(8-6-16)34-20-9-10-33-14-20/h2-8,11,15,20H,9-10,14H2,1H3,(H2,29,31)(H2,30,32). The van der Waals surface area contributed by atoms with Crippen LogP contribution < -0.4 is 16.2 Å². The maximum absolute atomic E-state index is 11.6. The number of thioether (sulfide) groups is 1. The van der Waals surface area contributed by atoms with E-state index in [0.717, 1.165) is 12.0 Å². The van der Waals surface area contributed by atoms with Crippen LogP contribution in [0.15, 0.2) is 53.6 Å². The summed E-state index contributed by atoms with van der Waals surface area (Å²) in [7, 11) is 0. The average molecular weight is 486 g/mol. The summed E-state index contributed by atoms with van der Waals surface area (Å²) in [6.07, 6.45) is 0.847. The molecule has 9 heteroatoms. The van der Waals surface area contributed by atoms with E-state index in [2.05, 4.69) is 17.1 Å². The SMILES string of the molecule is CC(Sc1nc(N)c(C#N)c(-c2ccc(OC3CCOC3)cc2)c1C#N)c1cccc(C(N)=O)c1. The molecule has 1 aromatic heterocycles. The van der Waals surface area contributed by atoms with E-state index < -0.39 is 5.91 Å². The van der Waals surface area contributed by atoms with Crippen molar-refractivity contribution in [2.45, 2.75) is 29.7 Å². The maximum atomic E-state index is 11.6. The van der Waals surface area contributed by atoms with Crippen molar-refractivity contribution in [1.29, 1.82) is 10.5 Å². The van der Waals surface area contributed by atoms with Gasteiger partial charge in [-0.15, -0.1) is 0 Å². The number of pyridine rings is 1. The third kappa shape index (κ3) is 5.22. The van der Waals surface area contributed by atoms with Crippen LogP contribution in [0.5, 0.6) is 5.75 Å². The minimum atomic E-state index is -0.516. The van der Waals surface area contributed by atoms with Gasteiger partial charge in [0.25, 0.3) is 0 Å². The molecule has 0 radical (unpaired) electrons. The number of aromatic nitrogens is 1. The van der Waals surface area contributed by atoms with E-state index in [1.165, 1.54) is 11.8 Å². The zero-order valence-electron chi connectivity index (χ0n) is 19.0. The lowest BCUT2D eigenvalue weighted by Crippen LogP contribution is -2.15. The van der Waals surface area contributed by atoms with E-state index in [1.807, 2.05) is 13.0 Å². The van der Waals surface area contributed by atoms with Gasteiger partial charge in [0.2, 0.25) is 5.91 Å². The van der Waals surface area contributed by atoms with Crippen molar-refractivity contribution in [1.82, 2.24) is 4.98 Å². The van der Waals surface area contributed by atoms with Crippen LogP contribution in [0.25, 0.3) is 11.1 Å². The molecule has 0 bridgehead atoms. The van der Waals surface area contributed by atoms with Gasteiger partial charge in [0.1, 0.15) is 40.4 Å². The Balaban J connectivity index is 1.70. The highest BCUT2D eigenvalue weighted by Crippen LogP contribution is 2.41. The molecule has 2 atom stereocenters. The quantitative estimate of drug-likeness (QED) is 0.473. The van der Waals surface area contributed by atoms with E-state index in [-0.39, 0.29) is 28.3 Å². The number of amides is 1. The first-order valence-corrected chi connectivity index (χ1v) is 11.8. The number of nitrogens with zero attached hydrogens (tertiary/aromatic N) is 3. The van der Waals surface area contributed by atoms with Crippen LogP contribution in [0.2, 0.25) is 0 Å². The fourth-order valence-corrected chi connectivity index (χ4v) is 4.88. The van der Waals surface area contributed by atoms with Crippen LogP contribution in [-0.4, -0.2) is 30.2 Å². The second-order valence-corrected chi connectivity index (χ2v) is 9.36. The second kappa shape index (κ2) is 10.5. The second-order valence-electron chi connectivity index (χ2n) is 8.03. The summed E-state index contributed by atoms with van der Waals surface area (Å²) in [4.78, 5) is 15.9. The molecule has 1 fully saturated rings. The Morgan fingerprint density at radius 2 is 1.94 bits per heavy atom. The van der Waals surface area contributed by atoms with Crippen molar-refractivity contribution in [3.8, 4) is 29.0 Å². The number of carbonyl (C=O) groups is 1. The third-order valence-electron chi connectivity index (χ3n) is 5.68. The van der Waals surface area contributed by atoms with Crippen molar-refractivity contribution in [3.05, 3.63) is 70.8 Å². The molecule has 0 saturated carbocycles. The van der Waals surface area contributed by atoms with Crippen molar-refractivity contribution in [3.63, 3.8) is 0 Å². The van der Waals surface area contributed by atoms with E-state index in [1.54, 1.807) is 42.5 Å². The normalized spacial score (nSPS) is 15.7. The summed E-state index contributed by atoms with van der Waals surface area (Å²) in [5, 5.41) is 20.1. The van der Waals surface area contributed by atoms with Crippen LogP contribution in [0.3, 0.4) is 0 Å². The van der Waals surface area contributed by atoms with Gasteiger partial charge in [-0.1, -0.05) is 36.0 Å². The molecule has 1 saturated heterocycles. The number of nitriles is 2. The Kier molecular flexibility index (Phi) is 7.21. The summed E-state index contributed by atoms with van der Waals surface area (Å²) < 4.78 is 11.3. The summed E-state index contributed by atoms with van der Waals surface area (Å²) in [5.74, 6) is 0.212. The lowest BCUT2D eigenvalue weighted by molar-refractivity contribution is 0.1000. The van der Waals surface area contributed by atoms with Crippen molar-refractivity contribution in [2.24, 2.45) is 5.73 Å². The summed E-state index contributed by atoms with van der Waals surface area (Å²) in [6, 6.07) is 18.5. The monoisotopic (exact) mass is 485 g/mol. The van der Waals surface area contributed by atoms with Gasteiger partial charge in [0, 0.05) is 22.8 Å². The van der Waals surface area contributed by atoms with Gasteiger partial charge < -0.3 is 20.9 Å². The number of primary amides is 1. The minimum absolute atomic E-state index is 0.0133. The highest BCUT2D eigenvalue weighted by Gasteiger charge is 2.23. The molecular formula is C26H23N5O3S. The van der Waals surface area contributed by atoms with E-state index in [4.69, 9.17) is 20.9 Å². The van der Waals surface area contributed by atoms with Crippen LogP contribution in [0.4, 0.5) is 5.82 Å². The molecule has 2 unspecified atom stereocenters. The van der Waals surface area contributed by atoms with Gasteiger partial charge in [-0.25, -0.2) is 4.98 Å². The summed E-state index contributed by atoms with van der Waals surface area (Å²) in [5.41, 5.74) is 14.3. The molecule has 0 spiro atoms. The number of rotatable bonds is 7. The Hall–Kier alpha value is -4.05. The predicted octanol–water partition coefficient (Wildman–Crippen LogP) is 4.19. The first-order valence-electron chi connectivity index (χ1n) is 11.0. The highest BCUT2D eigenvalue weighted by atomic mass is 32.2. The molecule has 35 heavy (non-hydrogen) atoms. The number of carbonyl (C=O) groups excluding carboxylic acids is 1. The highest BCUT2D eigenvalue weighted by molar-refractivity contribution is 7.99. The van der Waals surface area contributed by atoms with Crippen LogP contribution >= 0.6 is 11.8 Å². The number of ether oxygens (including phenoxy) is 2. The van der Waals surface area contributed by atoms with Crippen LogP contribution in [0, 0.1) is 22.7 Å². The molecular weight excluding hydrogens is 462 g/mol. The summed E-state index contributed by atoms with van der Waals surface area (Å²) in [6.45, 7) is 3.17. The Bertz CT molecular complexity index is 1340. The molecule has 176 valence electrons. The largest absolute Gasteiger partial charge is 0.488 e. The maximum Gasteiger partial charge on any atom is 0.248 e. The van der Waals surface area contributed by atoms with E-state index in [0.29, 0.717) is 40.7 Å². The van der Waals surface area contributed by atoms with Gasteiger partial charge in [0.15, 0.2) is 0 Å². The van der Waals surface area contributed by atoms with Gasteiger partial charge >= 0.3 is 0 Å². The van der Waals surface area contributed by atoms with Crippen LogP contribution in [-0.2, 0) is 4.74 Å². The molecule has 0 aliphatic carbocycles. The number of hydrogen-bond donors (Lipinski definition) is 2. The zero-order chi connectivity index (χ0) is 24.9. The number of anilines is 1. The Morgan fingerprint density at radius 3 is 2.57 bits per heavy atom. The first kappa shape index (κ1) is 24.1. The molecule has 1 aliphatic heterocycles. The average Bonchev–Trinajstić information content (AvgIpc) is 3.37. The zero-order valence-corrected chi connectivity index (χ0v) is 19.8. The fraction of sp³-hybridized carbons (Fsp3) is 0.231. The molecule has 1 amide bonds. The molecule has 2 heterocycles. The molecule has 2 aromatic carbocycles. The van der Waals surface area contributed by atoms with Gasteiger partial charge in [-0.2, -0.15) is 10.5 Å². The minimum Gasteiger partial charge on any atom is -0.488 e.